The van der Waals surface area contributed by atoms with Crippen molar-refractivity contribution in [3.8, 4) is 0 Å². The average molecular weight is 306 g/mol. The molecule has 0 saturated heterocycles. The van der Waals surface area contributed by atoms with Gasteiger partial charge in [-0.3, -0.25) is 9.36 Å². The zero-order valence-electron chi connectivity index (χ0n) is 11.2. The predicted molar refractivity (Wildman–Crippen MR) is 75.8 cm³/mol. The van der Waals surface area contributed by atoms with Crippen molar-refractivity contribution in [1.82, 2.24) is 4.57 Å². The molecule has 0 amide bonds. The van der Waals surface area contributed by atoms with E-state index in [2.05, 4.69) is 0 Å². The first-order valence-corrected chi connectivity index (χ1v) is 6.82. The molecule has 0 aliphatic carbocycles. The monoisotopic (exact) mass is 305 g/mol. The second kappa shape index (κ2) is 6.96. The second-order valence-electron chi connectivity index (χ2n) is 4.74. The van der Waals surface area contributed by atoms with Crippen LogP contribution in [0.1, 0.15) is 33.2 Å². The molecule has 0 bridgehead atoms. The van der Waals surface area contributed by atoms with Crippen LogP contribution >= 0.6 is 23.2 Å². The van der Waals surface area contributed by atoms with Gasteiger partial charge in [0.15, 0.2) is 0 Å². The molecule has 0 fully saturated rings. The van der Waals surface area contributed by atoms with Crippen molar-refractivity contribution >= 4 is 29.2 Å². The zero-order chi connectivity index (χ0) is 14.6. The Balaban J connectivity index is 2.80. The molecule has 1 heterocycles. The maximum atomic E-state index is 11.8. The molecule has 0 spiro atoms. The lowest BCUT2D eigenvalue weighted by atomic mass is 10.1. The minimum Gasteiger partial charge on any atom is -0.464 e. The third kappa shape index (κ3) is 4.55. The second-order valence-corrected chi connectivity index (χ2v) is 5.59. The summed E-state index contributed by atoms with van der Waals surface area (Å²) in [6, 6.07) is 0.592. The first kappa shape index (κ1) is 16.1. The molecule has 0 aliphatic heterocycles. The highest BCUT2D eigenvalue weighted by molar-refractivity contribution is 6.34. The fraction of sp³-hybridized carbons (Fsp3) is 0.538. The van der Waals surface area contributed by atoms with E-state index < -0.39 is 17.6 Å². The number of carbonyl (C=O) groups is 1. The van der Waals surface area contributed by atoms with Crippen LogP contribution in [-0.2, 0) is 9.53 Å². The van der Waals surface area contributed by atoms with Crippen LogP contribution < -0.4 is 5.56 Å². The summed E-state index contributed by atoms with van der Waals surface area (Å²) in [5.74, 6) is -0.0208. The van der Waals surface area contributed by atoms with Crippen molar-refractivity contribution in [3.05, 3.63) is 32.7 Å². The molecule has 0 saturated carbocycles. The van der Waals surface area contributed by atoms with E-state index in [1.165, 1.54) is 16.8 Å². The molecule has 0 N–H and O–H groups in total. The van der Waals surface area contributed by atoms with Gasteiger partial charge in [0.25, 0.3) is 5.56 Å². The summed E-state index contributed by atoms with van der Waals surface area (Å²) in [5, 5.41) is 0.278. The van der Waals surface area contributed by atoms with Crippen LogP contribution in [0, 0.1) is 5.92 Å². The Bertz CT molecular complexity index is 511. The van der Waals surface area contributed by atoms with Gasteiger partial charge in [-0.2, -0.15) is 0 Å². The highest BCUT2D eigenvalue weighted by atomic mass is 35.5. The summed E-state index contributed by atoms with van der Waals surface area (Å²) in [5.41, 5.74) is -0.459. The maximum absolute atomic E-state index is 11.8. The molecule has 1 unspecified atom stereocenters. The normalized spacial score (nSPS) is 12.5. The third-order valence-electron chi connectivity index (χ3n) is 2.66. The molecule has 1 aromatic heterocycles. The van der Waals surface area contributed by atoms with Gasteiger partial charge >= 0.3 is 5.97 Å². The minimum atomic E-state index is -0.754. The molecule has 0 aliphatic rings. The lowest BCUT2D eigenvalue weighted by Gasteiger charge is -2.15. The number of rotatable bonds is 5. The largest absolute Gasteiger partial charge is 0.464 e. The Labute approximate surface area is 122 Å². The SMILES string of the molecule is CC(C)CCOC(=O)C(C)n1cc(Cl)cc(Cl)c1=O. The third-order valence-corrected chi connectivity index (χ3v) is 3.14. The van der Waals surface area contributed by atoms with Gasteiger partial charge in [0, 0.05) is 6.20 Å². The van der Waals surface area contributed by atoms with Crippen LogP contribution in [0.4, 0.5) is 0 Å². The summed E-state index contributed by atoms with van der Waals surface area (Å²) in [4.78, 5) is 23.6. The van der Waals surface area contributed by atoms with Crippen molar-refractivity contribution in [1.29, 1.82) is 0 Å². The van der Waals surface area contributed by atoms with Gasteiger partial charge in [-0.05, 0) is 25.3 Å². The van der Waals surface area contributed by atoms with Crippen molar-refractivity contribution in [2.75, 3.05) is 6.61 Å². The first-order valence-electron chi connectivity index (χ1n) is 6.06. The number of carbonyl (C=O) groups excluding carboxylic acids is 1. The summed E-state index contributed by atoms with van der Waals surface area (Å²) >= 11 is 11.6. The van der Waals surface area contributed by atoms with Crippen LogP contribution in [0.5, 0.6) is 0 Å². The quantitative estimate of drug-likeness (QED) is 0.784. The van der Waals surface area contributed by atoms with Gasteiger partial charge < -0.3 is 4.74 Å². The standard InChI is InChI=1S/C13H17Cl2NO3/c1-8(2)4-5-19-13(18)9(3)16-7-10(14)6-11(15)12(16)17/h6-9H,4-5H2,1-3H3. The summed E-state index contributed by atoms with van der Waals surface area (Å²) in [6.45, 7) is 5.99. The van der Waals surface area contributed by atoms with E-state index in [4.69, 9.17) is 27.9 Å². The number of hydrogen-bond acceptors (Lipinski definition) is 3. The summed E-state index contributed by atoms with van der Waals surface area (Å²) < 4.78 is 6.30. The smallest absolute Gasteiger partial charge is 0.328 e. The lowest BCUT2D eigenvalue weighted by molar-refractivity contribution is -0.147. The van der Waals surface area contributed by atoms with E-state index in [1.807, 2.05) is 13.8 Å². The molecular weight excluding hydrogens is 289 g/mol. The number of nitrogens with zero attached hydrogens (tertiary/aromatic N) is 1. The van der Waals surface area contributed by atoms with E-state index in [1.54, 1.807) is 6.92 Å². The lowest BCUT2D eigenvalue weighted by Crippen LogP contribution is -2.29. The maximum Gasteiger partial charge on any atom is 0.328 e. The molecule has 0 aromatic carbocycles. The van der Waals surface area contributed by atoms with Gasteiger partial charge in [-0.15, -0.1) is 0 Å². The summed E-state index contributed by atoms with van der Waals surface area (Å²) in [6.07, 6.45) is 2.16. The van der Waals surface area contributed by atoms with Crippen LogP contribution in [0.3, 0.4) is 0 Å². The van der Waals surface area contributed by atoms with Crippen LogP contribution in [0.15, 0.2) is 17.1 Å². The molecule has 1 atom stereocenters. The highest BCUT2D eigenvalue weighted by Crippen LogP contribution is 2.15. The molecule has 19 heavy (non-hydrogen) atoms. The number of pyridine rings is 1. The first-order chi connectivity index (χ1) is 8.82. The Morgan fingerprint density at radius 1 is 1.37 bits per heavy atom. The van der Waals surface area contributed by atoms with Gasteiger partial charge in [-0.25, -0.2) is 4.79 Å². The van der Waals surface area contributed by atoms with Crippen LogP contribution in [-0.4, -0.2) is 17.1 Å². The van der Waals surface area contributed by atoms with Gasteiger partial charge in [-0.1, -0.05) is 37.0 Å². The van der Waals surface area contributed by atoms with E-state index in [-0.39, 0.29) is 5.02 Å². The number of aromatic nitrogens is 1. The Morgan fingerprint density at radius 2 is 2.00 bits per heavy atom. The molecule has 0 radical (unpaired) electrons. The fourth-order valence-electron chi connectivity index (χ4n) is 1.45. The Morgan fingerprint density at radius 3 is 2.58 bits per heavy atom. The number of esters is 1. The van der Waals surface area contributed by atoms with Crippen LogP contribution in [0.2, 0.25) is 10.0 Å². The fourth-order valence-corrected chi connectivity index (χ4v) is 1.94. The van der Waals surface area contributed by atoms with Crippen molar-refractivity contribution < 1.29 is 9.53 Å². The van der Waals surface area contributed by atoms with E-state index >= 15 is 0 Å². The molecule has 1 rings (SSSR count). The van der Waals surface area contributed by atoms with Gasteiger partial charge in [0.05, 0.1) is 11.6 Å². The summed E-state index contributed by atoms with van der Waals surface area (Å²) in [7, 11) is 0. The molecule has 1 aromatic rings. The molecular formula is C13H17Cl2NO3. The number of halogens is 2. The van der Waals surface area contributed by atoms with Gasteiger partial charge in [0.2, 0.25) is 0 Å². The molecule has 6 heteroatoms. The predicted octanol–water partition coefficient (Wildman–Crippen LogP) is 3.31. The average Bonchev–Trinajstić information content (AvgIpc) is 2.32. The number of hydrogen-bond donors (Lipinski definition) is 0. The van der Waals surface area contributed by atoms with Crippen molar-refractivity contribution in [2.24, 2.45) is 5.92 Å². The minimum absolute atomic E-state index is 0.0191. The zero-order valence-corrected chi connectivity index (χ0v) is 12.7. The van der Waals surface area contributed by atoms with Crippen LogP contribution in [0.25, 0.3) is 0 Å². The Hall–Kier alpha value is -1.00. The highest BCUT2D eigenvalue weighted by Gasteiger charge is 2.19. The number of ether oxygens (including phenoxy) is 1. The van der Waals surface area contributed by atoms with E-state index in [9.17, 15) is 9.59 Å². The van der Waals surface area contributed by atoms with E-state index in [0.717, 1.165) is 6.42 Å². The van der Waals surface area contributed by atoms with Crippen molar-refractivity contribution in [3.63, 3.8) is 0 Å². The van der Waals surface area contributed by atoms with Crippen molar-refractivity contribution in [2.45, 2.75) is 33.2 Å². The molecule has 106 valence electrons. The van der Waals surface area contributed by atoms with Gasteiger partial charge in [0.1, 0.15) is 11.1 Å². The molecule has 4 nitrogen and oxygen atoms in total. The van der Waals surface area contributed by atoms with E-state index in [0.29, 0.717) is 17.5 Å². The Kier molecular flexibility index (Phi) is 5.88. The topological polar surface area (TPSA) is 48.3 Å².